The Bertz CT molecular complexity index is 524. The maximum Gasteiger partial charge on any atom is 0.407 e. The lowest BCUT2D eigenvalue weighted by atomic mass is 9.91. The number of aromatic nitrogens is 3. The number of rotatable bonds is 5. The van der Waals surface area contributed by atoms with Gasteiger partial charge in [-0.1, -0.05) is 46.8 Å². The molecule has 0 aliphatic heterocycles. The topological polar surface area (TPSA) is 86.1 Å². The van der Waals surface area contributed by atoms with Gasteiger partial charge in [-0.05, 0) is 5.41 Å². The molecule has 1 heterocycles. The maximum atomic E-state index is 11.9. The van der Waals surface area contributed by atoms with Gasteiger partial charge in [-0.3, -0.25) is 4.79 Å². The van der Waals surface area contributed by atoms with Crippen molar-refractivity contribution in [3.05, 3.63) is 11.9 Å². The molecule has 7 heteroatoms. The Balaban J connectivity index is 2.43. The van der Waals surface area contributed by atoms with Gasteiger partial charge in [0, 0.05) is 12.0 Å². The number of carbonyl (C=O) groups is 2. The lowest BCUT2D eigenvalue weighted by Crippen LogP contribution is -2.32. The molecule has 0 atom stereocenters. The Morgan fingerprint density at radius 2 is 1.86 bits per heavy atom. The Labute approximate surface area is 131 Å². The summed E-state index contributed by atoms with van der Waals surface area (Å²) in [5.41, 5.74) is 0.0814. The average molecular weight is 310 g/mol. The van der Waals surface area contributed by atoms with E-state index in [0.717, 1.165) is 0 Å². The van der Waals surface area contributed by atoms with Crippen LogP contribution in [0.1, 0.15) is 47.2 Å². The van der Waals surface area contributed by atoms with Gasteiger partial charge in [-0.15, -0.1) is 5.10 Å². The SMILES string of the molecule is CC(C)(C)CNC(=O)OCc1cn(CC(=O)C(C)(C)C)nn1. The molecule has 22 heavy (non-hydrogen) atoms. The summed E-state index contributed by atoms with van der Waals surface area (Å²) in [7, 11) is 0. The number of amides is 1. The first kappa shape index (κ1) is 18.1. The average Bonchev–Trinajstić information content (AvgIpc) is 2.79. The van der Waals surface area contributed by atoms with E-state index in [9.17, 15) is 9.59 Å². The minimum Gasteiger partial charge on any atom is -0.443 e. The van der Waals surface area contributed by atoms with Gasteiger partial charge in [-0.2, -0.15) is 0 Å². The Morgan fingerprint density at radius 1 is 1.23 bits per heavy atom. The minimum atomic E-state index is -0.491. The Kier molecular flexibility index (Phi) is 5.68. The molecule has 7 nitrogen and oxygen atoms in total. The molecule has 0 spiro atoms. The van der Waals surface area contributed by atoms with E-state index in [0.29, 0.717) is 12.2 Å². The van der Waals surface area contributed by atoms with E-state index in [-0.39, 0.29) is 24.3 Å². The van der Waals surface area contributed by atoms with E-state index in [1.165, 1.54) is 4.68 Å². The highest BCUT2D eigenvalue weighted by atomic mass is 16.5. The van der Waals surface area contributed by atoms with Crippen molar-refractivity contribution in [3.8, 4) is 0 Å². The van der Waals surface area contributed by atoms with Gasteiger partial charge in [0.15, 0.2) is 5.78 Å². The number of nitrogens with one attached hydrogen (secondary N) is 1. The number of alkyl carbamates (subject to hydrolysis) is 1. The molecule has 0 aliphatic rings. The summed E-state index contributed by atoms with van der Waals surface area (Å²) in [5.74, 6) is 0.0628. The maximum absolute atomic E-state index is 11.9. The van der Waals surface area contributed by atoms with Gasteiger partial charge in [0.25, 0.3) is 0 Å². The Hall–Kier alpha value is -1.92. The van der Waals surface area contributed by atoms with Gasteiger partial charge >= 0.3 is 6.09 Å². The molecule has 124 valence electrons. The summed E-state index contributed by atoms with van der Waals surface area (Å²) in [4.78, 5) is 23.4. The molecule has 1 amide bonds. The molecule has 0 aliphatic carbocycles. The summed E-state index contributed by atoms with van der Waals surface area (Å²) < 4.78 is 6.52. The fourth-order valence-corrected chi connectivity index (χ4v) is 1.39. The fraction of sp³-hybridized carbons (Fsp3) is 0.733. The molecule has 0 aromatic carbocycles. The van der Waals surface area contributed by atoms with E-state index in [2.05, 4.69) is 15.6 Å². The van der Waals surface area contributed by atoms with E-state index in [1.807, 2.05) is 41.5 Å². The molecule has 0 radical (unpaired) electrons. The lowest BCUT2D eigenvalue weighted by Gasteiger charge is -2.18. The van der Waals surface area contributed by atoms with Crippen molar-refractivity contribution < 1.29 is 14.3 Å². The van der Waals surface area contributed by atoms with Crippen LogP contribution >= 0.6 is 0 Å². The predicted molar refractivity (Wildman–Crippen MR) is 82.1 cm³/mol. The highest BCUT2D eigenvalue weighted by molar-refractivity contribution is 5.83. The van der Waals surface area contributed by atoms with Crippen LogP contribution in [0.15, 0.2) is 6.20 Å². The van der Waals surface area contributed by atoms with Crippen LogP contribution < -0.4 is 5.32 Å². The van der Waals surface area contributed by atoms with Crippen molar-refractivity contribution >= 4 is 11.9 Å². The normalized spacial score (nSPS) is 12.1. The molecular weight excluding hydrogens is 284 g/mol. The quantitative estimate of drug-likeness (QED) is 0.900. The van der Waals surface area contributed by atoms with E-state index in [1.54, 1.807) is 6.20 Å². The second-order valence-corrected chi connectivity index (χ2v) is 7.57. The second-order valence-electron chi connectivity index (χ2n) is 7.57. The van der Waals surface area contributed by atoms with Crippen LogP contribution in [-0.4, -0.2) is 33.4 Å². The summed E-state index contributed by atoms with van der Waals surface area (Å²) in [5, 5.41) is 10.4. The Morgan fingerprint density at radius 3 is 2.41 bits per heavy atom. The fourth-order valence-electron chi connectivity index (χ4n) is 1.39. The number of ketones is 1. The number of Topliss-reactive ketones (excluding diaryl/α,β-unsaturated/α-hetero) is 1. The van der Waals surface area contributed by atoms with Crippen molar-refractivity contribution in [2.45, 2.75) is 54.7 Å². The van der Waals surface area contributed by atoms with Crippen LogP contribution in [0.25, 0.3) is 0 Å². The standard InChI is InChI=1S/C15H26N4O3/c1-14(2,3)10-16-13(21)22-9-11-7-19(18-17-11)8-12(20)15(4,5)6/h7H,8-10H2,1-6H3,(H,16,21). The molecule has 1 aromatic heterocycles. The van der Waals surface area contributed by atoms with Crippen LogP contribution in [0.4, 0.5) is 4.79 Å². The third kappa shape index (κ3) is 6.69. The van der Waals surface area contributed by atoms with Crippen molar-refractivity contribution in [1.82, 2.24) is 20.3 Å². The van der Waals surface area contributed by atoms with Crippen LogP contribution in [0.5, 0.6) is 0 Å². The first-order valence-corrected chi connectivity index (χ1v) is 7.30. The van der Waals surface area contributed by atoms with Crippen molar-refractivity contribution in [1.29, 1.82) is 0 Å². The van der Waals surface area contributed by atoms with Gasteiger partial charge in [0.05, 0.1) is 6.20 Å². The summed E-state index contributed by atoms with van der Waals surface area (Å²) in [6.07, 6.45) is 1.12. The monoisotopic (exact) mass is 310 g/mol. The van der Waals surface area contributed by atoms with Crippen LogP contribution in [0, 0.1) is 10.8 Å². The van der Waals surface area contributed by atoms with Gasteiger partial charge in [-0.25, -0.2) is 9.48 Å². The largest absolute Gasteiger partial charge is 0.443 e. The molecule has 0 unspecified atom stereocenters. The first-order chi connectivity index (χ1) is 9.97. The van der Waals surface area contributed by atoms with Crippen LogP contribution in [-0.2, 0) is 22.7 Å². The highest BCUT2D eigenvalue weighted by Gasteiger charge is 2.22. The summed E-state index contributed by atoms with van der Waals surface area (Å²) in [6.45, 7) is 12.3. The van der Waals surface area contributed by atoms with Gasteiger partial charge < -0.3 is 10.1 Å². The first-order valence-electron chi connectivity index (χ1n) is 7.30. The molecular formula is C15H26N4O3. The number of nitrogens with zero attached hydrogens (tertiary/aromatic N) is 3. The van der Waals surface area contributed by atoms with E-state index >= 15 is 0 Å². The summed E-state index contributed by atoms with van der Waals surface area (Å²) in [6, 6.07) is 0. The molecule has 0 bridgehead atoms. The zero-order valence-electron chi connectivity index (χ0n) is 14.3. The number of hydrogen-bond donors (Lipinski definition) is 1. The van der Waals surface area contributed by atoms with Crippen molar-refractivity contribution in [2.24, 2.45) is 10.8 Å². The second kappa shape index (κ2) is 6.89. The zero-order chi connectivity index (χ0) is 17.0. The number of ether oxygens (including phenoxy) is 1. The smallest absolute Gasteiger partial charge is 0.407 e. The molecule has 0 saturated carbocycles. The van der Waals surface area contributed by atoms with Crippen LogP contribution in [0.2, 0.25) is 0 Å². The third-order valence-corrected chi connectivity index (χ3v) is 2.84. The number of carbonyl (C=O) groups excluding carboxylic acids is 2. The van der Waals surface area contributed by atoms with Gasteiger partial charge in [0.2, 0.25) is 0 Å². The van der Waals surface area contributed by atoms with Gasteiger partial charge in [0.1, 0.15) is 18.8 Å². The van der Waals surface area contributed by atoms with Crippen molar-refractivity contribution in [2.75, 3.05) is 6.54 Å². The zero-order valence-corrected chi connectivity index (χ0v) is 14.3. The molecule has 0 fully saturated rings. The van der Waals surface area contributed by atoms with Crippen LogP contribution in [0.3, 0.4) is 0 Å². The lowest BCUT2D eigenvalue weighted by molar-refractivity contribution is -0.127. The summed E-state index contributed by atoms with van der Waals surface area (Å²) >= 11 is 0. The van der Waals surface area contributed by atoms with E-state index < -0.39 is 11.5 Å². The highest BCUT2D eigenvalue weighted by Crippen LogP contribution is 2.15. The number of hydrogen-bond acceptors (Lipinski definition) is 5. The molecule has 1 N–H and O–H groups in total. The molecule has 1 aromatic rings. The third-order valence-electron chi connectivity index (χ3n) is 2.84. The minimum absolute atomic E-state index is 0.00449. The molecule has 1 rings (SSSR count). The van der Waals surface area contributed by atoms with E-state index in [4.69, 9.17) is 4.74 Å². The molecule has 0 saturated heterocycles. The van der Waals surface area contributed by atoms with Crippen molar-refractivity contribution in [3.63, 3.8) is 0 Å². The predicted octanol–water partition coefficient (Wildman–Crippen LogP) is 2.17.